The molecule has 0 bridgehead atoms. The van der Waals surface area contributed by atoms with E-state index in [4.69, 9.17) is 5.11 Å². The molecule has 3 N–H and O–H groups in total. The number of hydrogen-bond acceptors (Lipinski definition) is 3. The summed E-state index contributed by atoms with van der Waals surface area (Å²) < 4.78 is 0. The summed E-state index contributed by atoms with van der Waals surface area (Å²) >= 11 is 1.57. The average molecular weight is 302 g/mol. The molecule has 0 aromatic rings. The van der Waals surface area contributed by atoms with Gasteiger partial charge in [0.1, 0.15) is 6.04 Å². The van der Waals surface area contributed by atoms with E-state index in [-0.39, 0.29) is 11.4 Å². The average Bonchev–Trinajstić information content (AvgIpc) is 2.42. The standard InChI is InChI=1S/C14H26N2O3S/c1-14(7-4-3-5-8-14)10-15-13(19)16-11(12(17)18)6-9-20-2/h11H,3-10H2,1-2H3,(H,17,18)(H2,15,16,19)/t11-/m1/s1. The Morgan fingerprint density at radius 1 is 1.30 bits per heavy atom. The van der Waals surface area contributed by atoms with Crippen molar-refractivity contribution in [3.63, 3.8) is 0 Å². The second kappa shape index (κ2) is 8.39. The van der Waals surface area contributed by atoms with Gasteiger partial charge in [0.25, 0.3) is 0 Å². The van der Waals surface area contributed by atoms with Gasteiger partial charge in [-0.15, -0.1) is 0 Å². The zero-order valence-corrected chi connectivity index (χ0v) is 13.2. The Labute approximate surface area is 125 Å². The van der Waals surface area contributed by atoms with Gasteiger partial charge in [-0.25, -0.2) is 9.59 Å². The summed E-state index contributed by atoms with van der Waals surface area (Å²) in [5, 5.41) is 14.4. The summed E-state index contributed by atoms with van der Waals surface area (Å²) in [4.78, 5) is 22.9. The van der Waals surface area contributed by atoms with Gasteiger partial charge in [-0.2, -0.15) is 11.8 Å². The van der Waals surface area contributed by atoms with E-state index in [0.717, 1.165) is 18.6 Å². The van der Waals surface area contributed by atoms with E-state index >= 15 is 0 Å². The Bertz CT molecular complexity index is 330. The van der Waals surface area contributed by atoms with Crippen molar-refractivity contribution in [2.45, 2.75) is 51.5 Å². The Kier molecular flexibility index (Phi) is 7.19. The molecule has 2 amide bonds. The van der Waals surface area contributed by atoms with Crippen LogP contribution in [0, 0.1) is 5.41 Å². The molecule has 0 heterocycles. The summed E-state index contributed by atoms with van der Waals surface area (Å²) in [6.07, 6.45) is 8.32. The molecule has 1 rings (SSSR count). The number of carbonyl (C=O) groups excluding carboxylic acids is 1. The number of carboxylic acids is 1. The Morgan fingerprint density at radius 3 is 2.50 bits per heavy atom. The van der Waals surface area contributed by atoms with Crippen LogP contribution < -0.4 is 10.6 Å². The first-order valence-corrected chi connectivity index (χ1v) is 8.62. The number of amides is 2. The highest BCUT2D eigenvalue weighted by molar-refractivity contribution is 7.98. The fourth-order valence-corrected chi connectivity index (χ4v) is 3.05. The van der Waals surface area contributed by atoms with Gasteiger partial charge in [-0.1, -0.05) is 26.2 Å². The van der Waals surface area contributed by atoms with Gasteiger partial charge in [0.05, 0.1) is 0 Å². The molecular formula is C14H26N2O3S. The van der Waals surface area contributed by atoms with Gasteiger partial charge in [-0.3, -0.25) is 0 Å². The molecule has 1 saturated carbocycles. The van der Waals surface area contributed by atoms with E-state index in [1.807, 2.05) is 6.26 Å². The van der Waals surface area contributed by atoms with E-state index in [9.17, 15) is 9.59 Å². The molecule has 0 radical (unpaired) electrons. The number of carboxylic acid groups (broad SMARTS) is 1. The normalized spacial score (nSPS) is 19.1. The number of rotatable bonds is 7. The number of hydrogen-bond donors (Lipinski definition) is 3. The second-order valence-corrected chi connectivity index (χ2v) is 6.86. The highest BCUT2D eigenvalue weighted by atomic mass is 32.2. The lowest BCUT2D eigenvalue weighted by Crippen LogP contribution is -2.48. The van der Waals surface area contributed by atoms with E-state index < -0.39 is 12.0 Å². The SMILES string of the molecule is CSCC[C@@H](NC(=O)NCC1(C)CCCCC1)C(=O)O. The van der Waals surface area contributed by atoms with Gasteiger partial charge in [0, 0.05) is 6.54 Å². The van der Waals surface area contributed by atoms with Crippen molar-refractivity contribution in [3.8, 4) is 0 Å². The maximum atomic E-state index is 11.8. The number of carbonyl (C=O) groups is 2. The molecule has 5 nitrogen and oxygen atoms in total. The predicted octanol–water partition coefficient (Wildman–Crippen LogP) is 2.46. The highest BCUT2D eigenvalue weighted by Crippen LogP contribution is 2.34. The van der Waals surface area contributed by atoms with Gasteiger partial charge in [-0.05, 0) is 36.7 Å². The summed E-state index contributed by atoms with van der Waals surface area (Å²) in [7, 11) is 0. The fourth-order valence-electron chi connectivity index (χ4n) is 2.58. The molecule has 0 saturated heterocycles. The molecular weight excluding hydrogens is 276 g/mol. The summed E-state index contributed by atoms with van der Waals surface area (Å²) in [5.41, 5.74) is 0.160. The van der Waals surface area contributed by atoms with Crippen LogP contribution >= 0.6 is 11.8 Å². The Balaban J connectivity index is 2.35. The number of urea groups is 1. The van der Waals surface area contributed by atoms with Gasteiger partial charge in [0.2, 0.25) is 0 Å². The third kappa shape index (κ3) is 6.03. The van der Waals surface area contributed by atoms with Crippen molar-refractivity contribution in [2.75, 3.05) is 18.6 Å². The first-order chi connectivity index (χ1) is 9.47. The summed E-state index contributed by atoms with van der Waals surface area (Å²) in [5.74, 6) is -0.257. The molecule has 116 valence electrons. The molecule has 0 unspecified atom stereocenters. The van der Waals surface area contributed by atoms with E-state index in [1.54, 1.807) is 11.8 Å². The van der Waals surface area contributed by atoms with Gasteiger partial charge >= 0.3 is 12.0 Å². The largest absolute Gasteiger partial charge is 0.480 e. The molecule has 0 aromatic carbocycles. The lowest BCUT2D eigenvalue weighted by atomic mass is 9.76. The van der Waals surface area contributed by atoms with Crippen LogP contribution in [0.1, 0.15) is 45.4 Å². The van der Waals surface area contributed by atoms with E-state index in [0.29, 0.717) is 13.0 Å². The highest BCUT2D eigenvalue weighted by Gasteiger charge is 2.27. The number of aliphatic carboxylic acids is 1. The van der Waals surface area contributed by atoms with Gasteiger partial charge in [0.15, 0.2) is 0 Å². The number of thioether (sulfide) groups is 1. The van der Waals surface area contributed by atoms with Crippen LogP contribution in [0.5, 0.6) is 0 Å². The molecule has 0 aromatic heterocycles. The molecule has 1 aliphatic rings. The second-order valence-electron chi connectivity index (χ2n) is 5.87. The van der Waals surface area contributed by atoms with Crippen molar-refractivity contribution in [1.82, 2.24) is 10.6 Å². The van der Waals surface area contributed by atoms with E-state index in [1.165, 1.54) is 19.3 Å². The van der Waals surface area contributed by atoms with Crippen molar-refractivity contribution >= 4 is 23.8 Å². The van der Waals surface area contributed by atoms with Crippen molar-refractivity contribution in [2.24, 2.45) is 5.41 Å². The zero-order valence-electron chi connectivity index (χ0n) is 12.4. The predicted molar refractivity (Wildman–Crippen MR) is 82.1 cm³/mol. The topological polar surface area (TPSA) is 78.4 Å². The third-order valence-corrected chi connectivity index (χ3v) is 4.59. The van der Waals surface area contributed by atoms with Crippen LogP contribution in [0.25, 0.3) is 0 Å². The summed E-state index contributed by atoms with van der Waals surface area (Å²) in [6.45, 7) is 2.81. The maximum Gasteiger partial charge on any atom is 0.326 e. The minimum Gasteiger partial charge on any atom is -0.480 e. The number of nitrogens with one attached hydrogen (secondary N) is 2. The first-order valence-electron chi connectivity index (χ1n) is 7.23. The van der Waals surface area contributed by atoms with Crippen LogP contribution in [0.4, 0.5) is 4.79 Å². The molecule has 0 spiro atoms. The molecule has 1 atom stereocenters. The quantitative estimate of drug-likeness (QED) is 0.675. The molecule has 1 aliphatic carbocycles. The molecule has 20 heavy (non-hydrogen) atoms. The van der Waals surface area contributed by atoms with Crippen molar-refractivity contribution in [1.29, 1.82) is 0 Å². The Morgan fingerprint density at radius 2 is 1.95 bits per heavy atom. The van der Waals surface area contributed by atoms with Crippen LogP contribution in [0.15, 0.2) is 0 Å². The van der Waals surface area contributed by atoms with Crippen molar-refractivity contribution in [3.05, 3.63) is 0 Å². The van der Waals surface area contributed by atoms with Crippen molar-refractivity contribution < 1.29 is 14.7 Å². The minimum atomic E-state index is -0.974. The first kappa shape index (κ1) is 17.1. The minimum absolute atomic E-state index is 0.160. The zero-order chi connectivity index (χ0) is 15.0. The molecule has 1 fully saturated rings. The fraction of sp³-hybridized carbons (Fsp3) is 0.857. The lowest BCUT2D eigenvalue weighted by Gasteiger charge is -2.33. The lowest BCUT2D eigenvalue weighted by molar-refractivity contribution is -0.139. The van der Waals surface area contributed by atoms with Gasteiger partial charge < -0.3 is 15.7 Å². The van der Waals surface area contributed by atoms with Crippen LogP contribution in [0.3, 0.4) is 0 Å². The summed E-state index contributed by atoms with van der Waals surface area (Å²) in [6, 6.07) is -1.17. The van der Waals surface area contributed by atoms with Crippen LogP contribution in [-0.4, -0.2) is 41.7 Å². The van der Waals surface area contributed by atoms with E-state index in [2.05, 4.69) is 17.6 Å². The molecule has 6 heteroatoms. The maximum absolute atomic E-state index is 11.8. The van der Waals surface area contributed by atoms with Crippen LogP contribution in [-0.2, 0) is 4.79 Å². The monoisotopic (exact) mass is 302 g/mol. The van der Waals surface area contributed by atoms with Crippen LogP contribution in [0.2, 0.25) is 0 Å². The Hall–Kier alpha value is -0.910. The molecule has 0 aliphatic heterocycles. The smallest absolute Gasteiger partial charge is 0.326 e. The third-order valence-electron chi connectivity index (χ3n) is 3.95.